The van der Waals surface area contributed by atoms with Gasteiger partial charge < -0.3 is 14.7 Å². The summed E-state index contributed by atoms with van der Waals surface area (Å²) in [5.74, 6) is 1.46. The van der Waals surface area contributed by atoms with Crippen LogP contribution in [-0.4, -0.2) is 28.2 Å². The molecule has 0 saturated heterocycles. The molecule has 0 spiro atoms. The number of ether oxygens (including phenoxy) is 1. The van der Waals surface area contributed by atoms with E-state index in [1.807, 2.05) is 29.2 Å². The minimum absolute atomic E-state index is 0.0651. The van der Waals surface area contributed by atoms with Gasteiger partial charge >= 0.3 is 0 Å². The molecule has 0 bridgehead atoms. The van der Waals surface area contributed by atoms with Crippen LogP contribution in [0.15, 0.2) is 36.7 Å². The molecule has 0 radical (unpaired) electrons. The molecule has 5 nitrogen and oxygen atoms in total. The van der Waals surface area contributed by atoms with E-state index in [0.717, 1.165) is 11.4 Å². The predicted molar refractivity (Wildman–Crippen MR) is 62.6 cm³/mol. The average molecular weight is 229 g/mol. The fourth-order valence-electron chi connectivity index (χ4n) is 1.83. The van der Waals surface area contributed by atoms with Gasteiger partial charge in [0.1, 0.15) is 12.4 Å². The van der Waals surface area contributed by atoms with Gasteiger partial charge in [0.25, 0.3) is 0 Å². The van der Waals surface area contributed by atoms with E-state index in [0.29, 0.717) is 19.1 Å². The van der Waals surface area contributed by atoms with Gasteiger partial charge in [0, 0.05) is 0 Å². The molecule has 0 fully saturated rings. The van der Waals surface area contributed by atoms with Crippen LogP contribution in [-0.2, 0) is 0 Å². The highest BCUT2D eigenvalue weighted by molar-refractivity contribution is 5.66. The third kappa shape index (κ3) is 1.75. The summed E-state index contributed by atoms with van der Waals surface area (Å²) in [5, 5.41) is 9.18. The molecule has 86 valence electrons. The standard InChI is InChI=1S/C12H11N3O2/c16-9-7-13-12(14-8-9)15-5-6-17-11-4-2-1-3-10(11)15/h1-4,7-8,16H,5-6H2. The van der Waals surface area contributed by atoms with Gasteiger partial charge in [-0.2, -0.15) is 0 Å². The molecular weight excluding hydrogens is 218 g/mol. The second-order valence-electron chi connectivity index (χ2n) is 3.71. The number of aromatic hydroxyl groups is 1. The maximum atomic E-state index is 9.18. The molecule has 0 unspecified atom stereocenters. The number of benzene rings is 1. The van der Waals surface area contributed by atoms with Crippen LogP contribution in [0.25, 0.3) is 0 Å². The first kappa shape index (κ1) is 9.89. The van der Waals surface area contributed by atoms with Crippen molar-refractivity contribution in [3.8, 4) is 11.5 Å². The van der Waals surface area contributed by atoms with Crippen LogP contribution >= 0.6 is 0 Å². The summed E-state index contributed by atoms with van der Waals surface area (Å²) in [7, 11) is 0. The maximum Gasteiger partial charge on any atom is 0.230 e. The molecule has 1 N–H and O–H groups in total. The average Bonchev–Trinajstić information content (AvgIpc) is 2.39. The molecule has 1 aliphatic rings. The molecule has 17 heavy (non-hydrogen) atoms. The maximum absolute atomic E-state index is 9.18. The normalized spacial score (nSPS) is 14.0. The molecular formula is C12H11N3O2. The van der Waals surface area contributed by atoms with E-state index < -0.39 is 0 Å². The van der Waals surface area contributed by atoms with Crippen molar-refractivity contribution >= 4 is 11.6 Å². The Morgan fingerprint density at radius 2 is 1.94 bits per heavy atom. The molecule has 2 aromatic rings. The molecule has 0 atom stereocenters. The topological polar surface area (TPSA) is 58.5 Å². The van der Waals surface area contributed by atoms with Crippen molar-refractivity contribution < 1.29 is 9.84 Å². The molecule has 1 aromatic carbocycles. The Morgan fingerprint density at radius 1 is 1.18 bits per heavy atom. The van der Waals surface area contributed by atoms with Gasteiger partial charge in [-0.1, -0.05) is 12.1 Å². The summed E-state index contributed by atoms with van der Waals surface area (Å²) in [6.07, 6.45) is 2.78. The largest absolute Gasteiger partial charge is 0.505 e. The lowest BCUT2D eigenvalue weighted by Crippen LogP contribution is -2.29. The van der Waals surface area contributed by atoms with E-state index in [9.17, 15) is 5.11 Å². The third-order valence-electron chi connectivity index (χ3n) is 2.59. The van der Waals surface area contributed by atoms with E-state index >= 15 is 0 Å². The van der Waals surface area contributed by atoms with Crippen molar-refractivity contribution in [3.05, 3.63) is 36.7 Å². The van der Waals surface area contributed by atoms with Crippen molar-refractivity contribution in [1.29, 1.82) is 0 Å². The number of aromatic nitrogens is 2. The fourth-order valence-corrected chi connectivity index (χ4v) is 1.83. The highest BCUT2D eigenvalue weighted by Crippen LogP contribution is 2.34. The van der Waals surface area contributed by atoms with Crippen LogP contribution in [0.3, 0.4) is 0 Å². The minimum atomic E-state index is 0.0651. The van der Waals surface area contributed by atoms with Crippen molar-refractivity contribution in [3.63, 3.8) is 0 Å². The lowest BCUT2D eigenvalue weighted by molar-refractivity contribution is 0.313. The highest BCUT2D eigenvalue weighted by atomic mass is 16.5. The molecule has 0 aliphatic carbocycles. The summed E-state index contributed by atoms with van der Waals surface area (Å²) in [6.45, 7) is 1.29. The number of hydrogen-bond acceptors (Lipinski definition) is 5. The smallest absolute Gasteiger partial charge is 0.230 e. The number of para-hydroxylation sites is 2. The minimum Gasteiger partial charge on any atom is -0.505 e. The van der Waals surface area contributed by atoms with Gasteiger partial charge in [-0.3, -0.25) is 0 Å². The number of fused-ring (bicyclic) bond motifs is 1. The van der Waals surface area contributed by atoms with Crippen LogP contribution in [0.1, 0.15) is 0 Å². The van der Waals surface area contributed by atoms with Gasteiger partial charge in [-0.25, -0.2) is 9.97 Å². The lowest BCUT2D eigenvalue weighted by atomic mass is 10.2. The molecule has 1 aliphatic heterocycles. The summed E-state index contributed by atoms with van der Waals surface area (Å²) < 4.78 is 5.55. The SMILES string of the molecule is Oc1cnc(N2CCOc3ccccc32)nc1. The Balaban J connectivity index is 2.03. The Morgan fingerprint density at radius 3 is 2.76 bits per heavy atom. The van der Waals surface area contributed by atoms with Crippen molar-refractivity contribution in [2.24, 2.45) is 0 Å². The number of rotatable bonds is 1. The van der Waals surface area contributed by atoms with Gasteiger partial charge in [0.15, 0.2) is 5.75 Å². The molecule has 5 heteroatoms. The highest BCUT2D eigenvalue weighted by Gasteiger charge is 2.20. The Hall–Kier alpha value is -2.30. The van der Waals surface area contributed by atoms with Gasteiger partial charge in [-0.15, -0.1) is 0 Å². The first-order valence-electron chi connectivity index (χ1n) is 5.35. The third-order valence-corrected chi connectivity index (χ3v) is 2.59. The summed E-state index contributed by atoms with van der Waals surface area (Å²) >= 11 is 0. The summed E-state index contributed by atoms with van der Waals surface area (Å²) in [4.78, 5) is 10.2. The van der Waals surface area contributed by atoms with E-state index in [1.165, 1.54) is 12.4 Å². The van der Waals surface area contributed by atoms with Crippen LogP contribution < -0.4 is 9.64 Å². The zero-order valence-corrected chi connectivity index (χ0v) is 9.08. The Bertz CT molecular complexity index is 528. The van der Waals surface area contributed by atoms with Crippen molar-refractivity contribution in [1.82, 2.24) is 9.97 Å². The van der Waals surface area contributed by atoms with E-state index in [1.54, 1.807) is 0 Å². The predicted octanol–water partition coefficient (Wildman–Crippen LogP) is 1.71. The summed E-state index contributed by atoms with van der Waals surface area (Å²) in [5.41, 5.74) is 0.949. The Kier molecular flexibility index (Phi) is 2.29. The van der Waals surface area contributed by atoms with Crippen molar-refractivity contribution in [2.45, 2.75) is 0 Å². The van der Waals surface area contributed by atoms with Gasteiger partial charge in [-0.05, 0) is 12.1 Å². The van der Waals surface area contributed by atoms with Crippen LogP contribution in [0.5, 0.6) is 11.5 Å². The zero-order valence-electron chi connectivity index (χ0n) is 9.08. The molecule has 0 amide bonds. The Labute approximate surface area is 98.3 Å². The summed E-state index contributed by atoms with van der Waals surface area (Å²) in [6, 6.07) is 7.76. The van der Waals surface area contributed by atoms with E-state index in [4.69, 9.17) is 4.74 Å². The molecule has 0 saturated carbocycles. The van der Waals surface area contributed by atoms with Crippen molar-refractivity contribution in [2.75, 3.05) is 18.1 Å². The molecule has 1 aromatic heterocycles. The quantitative estimate of drug-likeness (QED) is 0.806. The number of nitrogens with zero attached hydrogens (tertiary/aromatic N) is 3. The number of hydrogen-bond donors (Lipinski definition) is 1. The van der Waals surface area contributed by atoms with E-state index in [-0.39, 0.29) is 5.75 Å². The van der Waals surface area contributed by atoms with Crippen LogP contribution in [0.4, 0.5) is 11.6 Å². The fraction of sp³-hybridized carbons (Fsp3) is 0.167. The molecule has 2 heterocycles. The molecule has 3 rings (SSSR count). The second kappa shape index (κ2) is 3.93. The zero-order chi connectivity index (χ0) is 11.7. The monoisotopic (exact) mass is 229 g/mol. The van der Waals surface area contributed by atoms with E-state index in [2.05, 4.69) is 9.97 Å². The lowest BCUT2D eigenvalue weighted by Gasteiger charge is -2.29. The van der Waals surface area contributed by atoms with Crippen LogP contribution in [0.2, 0.25) is 0 Å². The second-order valence-corrected chi connectivity index (χ2v) is 3.71. The van der Waals surface area contributed by atoms with Gasteiger partial charge in [0.05, 0.1) is 24.6 Å². The number of anilines is 2. The van der Waals surface area contributed by atoms with Crippen LogP contribution in [0, 0.1) is 0 Å². The first-order chi connectivity index (χ1) is 8.34. The first-order valence-corrected chi connectivity index (χ1v) is 5.35. The van der Waals surface area contributed by atoms with Gasteiger partial charge in [0.2, 0.25) is 5.95 Å².